The van der Waals surface area contributed by atoms with E-state index in [1.54, 1.807) is 18.2 Å². The van der Waals surface area contributed by atoms with Crippen molar-refractivity contribution in [3.63, 3.8) is 0 Å². The predicted octanol–water partition coefficient (Wildman–Crippen LogP) is 3.03. The van der Waals surface area contributed by atoms with Crippen LogP contribution >= 0.6 is 0 Å². The number of carbonyl (C=O) groups is 1. The summed E-state index contributed by atoms with van der Waals surface area (Å²) in [4.78, 5) is 16.0. The molecule has 1 heterocycles. The van der Waals surface area contributed by atoms with Gasteiger partial charge in [-0.1, -0.05) is 29.8 Å². The molecule has 0 saturated carbocycles. The quantitative estimate of drug-likeness (QED) is 0.891. The zero-order valence-corrected chi connectivity index (χ0v) is 14.2. The van der Waals surface area contributed by atoms with Gasteiger partial charge in [-0.05, 0) is 38.7 Å². The van der Waals surface area contributed by atoms with E-state index in [-0.39, 0.29) is 12.1 Å². The van der Waals surface area contributed by atoms with Crippen molar-refractivity contribution in [2.45, 2.75) is 19.5 Å². The van der Waals surface area contributed by atoms with Crippen LogP contribution in [-0.2, 0) is 6.54 Å². The molecule has 5 heteroatoms. The number of furan rings is 1. The normalized spacial score (nSPS) is 12.2. The lowest BCUT2D eigenvalue weighted by molar-refractivity contribution is 0.197. The molecular weight excluding hydrogens is 290 g/mol. The Bertz CT molecular complexity index is 606. The molecule has 0 saturated heterocycles. The van der Waals surface area contributed by atoms with Crippen LogP contribution < -0.4 is 5.32 Å². The van der Waals surface area contributed by atoms with Crippen LogP contribution in [0.15, 0.2) is 47.1 Å². The van der Waals surface area contributed by atoms with E-state index in [0.29, 0.717) is 13.1 Å². The third-order valence-corrected chi connectivity index (χ3v) is 3.85. The minimum Gasteiger partial charge on any atom is -0.467 e. The Hall–Kier alpha value is -2.27. The number of hydrogen-bond acceptors (Lipinski definition) is 3. The molecule has 1 atom stereocenters. The number of hydrogen-bond donors (Lipinski definition) is 1. The van der Waals surface area contributed by atoms with Gasteiger partial charge in [0.1, 0.15) is 5.76 Å². The maximum atomic E-state index is 12.2. The third-order valence-electron chi connectivity index (χ3n) is 3.85. The summed E-state index contributed by atoms with van der Waals surface area (Å²) in [7, 11) is 5.79. The molecule has 0 aliphatic rings. The first-order chi connectivity index (χ1) is 11.0. The van der Waals surface area contributed by atoms with Crippen LogP contribution in [0.3, 0.4) is 0 Å². The highest BCUT2D eigenvalue weighted by Gasteiger charge is 2.17. The fourth-order valence-electron chi connectivity index (χ4n) is 2.41. The molecule has 124 valence electrons. The van der Waals surface area contributed by atoms with Gasteiger partial charge >= 0.3 is 6.03 Å². The van der Waals surface area contributed by atoms with Gasteiger partial charge in [0, 0.05) is 13.6 Å². The first kappa shape index (κ1) is 17.1. The SMILES string of the molecule is Cc1ccc(C(CNC(=O)N(C)Cc2ccco2)N(C)C)cc1. The van der Waals surface area contributed by atoms with E-state index in [1.165, 1.54) is 11.1 Å². The van der Waals surface area contributed by atoms with Gasteiger partial charge in [-0.25, -0.2) is 4.79 Å². The van der Waals surface area contributed by atoms with Crippen LogP contribution in [-0.4, -0.2) is 43.5 Å². The number of aryl methyl sites for hydroxylation is 1. The molecule has 0 spiro atoms. The maximum absolute atomic E-state index is 12.2. The molecule has 2 aromatic rings. The van der Waals surface area contributed by atoms with Gasteiger partial charge in [0.15, 0.2) is 0 Å². The van der Waals surface area contributed by atoms with Crippen LogP contribution in [0.4, 0.5) is 4.79 Å². The number of benzene rings is 1. The fraction of sp³-hybridized carbons (Fsp3) is 0.389. The van der Waals surface area contributed by atoms with E-state index in [0.717, 1.165) is 5.76 Å². The molecule has 0 radical (unpaired) electrons. The molecule has 1 N–H and O–H groups in total. The van der Waals surface area contributed by atoms with Crippen LogP contribution in [0.5, 0.6) is 0 Å². The van der Waals surface area contributed by atoms with Crippen molar-refractivity contribution >= 4 is 6.03 Å². The summed E-state index contributed by atoms with van der Waals surface area (Å²) in [5, 5.41) is 2.99. The van der Waals surface area contributed by atoms with E-state index in [1.807, 2.05) is 26.2 Å². The Morgan fingerprint density at radius 1 is 1.17 bits per heavy atom. The lowest BCUT2D eigenvalue weighted by atomic mass is 10.0. The number of amides is 2. The maximum Gasteiger partial charge on any atom is 0.317 e. The molecule has 1 aromatic carbocycles. The number of carbonyl (C=O) groups excluding carboxylic acids is 1. The Morgan fingerprint density at radius 2 is 1.87 bits per heavy atom. The first-order valence-corrected chi connectivity index (χ1v) is 7.71. The van der Waals surface area contributed by atoms with Gasteiger partial charge in [0.2, 0.25) is 0 Å². The number of likely N-dealkylation sites (N-methyl/N-ethyl adjacent to an activating group) is 1. The number of nitrogens with one attached hydrogen (secondary N) is 1. The number of rotatable bonds is 6. The minimum absolute atomic E-state index is 0.111. The molecule has 2 rings (SSSR count). The fourth-order valence-corrected chi connectivity index (χ4v) is 2.41. The summed E-state index contributed by atoms with van der Waals surface area (Å²) in [6.07, 6.45) is 1.61. The predicted molar refractivity (Wildman–Crippen MR) is 91.2 cm³/mol. The average Bonchev–Trinajstić information content (AvgIpc) is 3.01. The molecule has 2 amide bonds. The van der Waals surface area contributed by atoms with Crippen molar-refractivity contribution in [3.05, 3.63) is 59.5 Å². The summed E-state index contributed by atoms with van der Waals surface area (Å²) in [5.41, 5.74) is 2.42. The summed E-state index contributed by atoms with van der Waals surface area (Å²) >= 11 is 0. The summed E-state index contributed by atoms with van der Waals surface area (Å²) in [5.74, 6) is 0.769. The van der Waals surface area contributed by atoms with E-state index >= 15 is 0 Å². The first-order valence-electron chi connectivity index (χ1n) is 7.71. The highest BCUT2D eigenvalue weighted by Crippen LogP contribution is 2.18. The number of nitrogens with zero attached hydrogens (tertiary/aromatic N) is 2. The zero-order chi connectivity index (χ0) is 16.8. The van der Waals surface area contributed by atoms with Crippen molar-refractivity contribution in [1.29, 1.82) is 0 Å². The molecule has 0 bridgehead atoms. The van der Waals surface area contributed by atoms with Crippen molar-refractivity contribution in [2.24, 2.45) is 0 Å². The van der Waals surface area contributed by atoms with Gasteiger partial charge in [-0.3, -0.25) is 0 Å². The van der Waals surface area contributed by atoms with E-state index in [4.69, 9.17) is 4.42 Å². The average molecular weight is 315 g/mol. The summed E-state index contributed by atoms with van der Waals surface area (Å²) in [6, 6.07) is 12.1. The Labute approximate surface area is 137 Å². The Kier molecular flexibility index (Phi) is 5.82. The highest BCUT2D eigenvalue weighted by molar-refractivity contribution is 5.73. The van der Waals surface area contributed by atoms with E-state index < -0.39 is 0 Å². The molecule has 1 aromatic heterocycles. The second kappa shape index (κ2) is 7.83. The van der Waals surface area contributed by atoms with E-state index in [2.05, 4.69) is 41.4 Å². The van der Waals surface area contributed by atoms with Gasteiger partial charge in [0.25, 0.3) is 0 Å². The summed E-state index contributed by atoms with van der Waals surface area (Å²) in [6.45, 7) is 3.08. The molecule has 1 unspecified atom stereocenters. The van der Waals surface area contributed by atoms with Crippen LogP contribution in [0.2, 0.25) is 0 Å². The van der Waals surface area contributed by atoms with Crippen molar-refractivity contribution < 1.29 is 9.21 Å². The van der Waals surface area contributed by atoms with Gasteiger partial charge in [0.05, 0.1) is 18.8 Å². The lowest BCUT2D eigenvalue weighted by Gasteiger charge is -2.26. The topological polar surface area (TPSA) is 48.7 Å². The zero-order valence-electron chi connectivity index (χ0n) is 14.2. The van der Waals surface area contributed by atoms with Gasteiger partial charge in [-0.2, -0.15) is 0 Å². The molecule has 0 fully saturated rings. The van der Waals surface area contributed by atoms with Crippen LogP contribution in [0.25, 0.3) is 0 Å². The second-order valence-electron chi connectivity index (χ2n) is 6.01. The molecule has 23 heavy (non-hydrogen) atoms. The molecule has 0 aliphatic carbocycles. The van der Waals surface area contributed by atoms with Crippen molar-refractivity contribution in [1.82, 2.24) is 15.1 Å². The van der Waals surface area contributed by atoms with Crippen LogP contribution in [0.1, 0.15) is 22.9 Å². The third kappa shape index (κ3) is 4.86. The lowest BCUT2D eigenvalue weighted by Crippen LogP contribution is -2.41. The molecule has 5 nitrogen and oxygen atoms in total. The van der Waals surface area contributed by atoms with Crippen molar-refractivity contribution in [2.75, 3.05) is 27.7 Å². The smallest absolute Gasteiger partial charge is 0.317 e. The minimum atomic E-state index is -0.111. The number of urea groups is 1. The van der Waals surface area contributed by atoms with Crippen LogP contribution in [0, 0.1) is 6.92 Å². The highest BCUT2D eigenvalue weighted by atomic mass is 16.3. The Morgan fingerprint density at radius 3 is 2.43 bits per heavy atom. The second-order valence-corrected chi connectivity index (χ2v) is 6.01. The van der Waals surface area contributed by atoms with Gasteiger partial charge < -0.3 is 19.5 Å². The standard InChI is InChI=1S/C18H25N3O2/c1-14-7-9-15(10-8-14)17(20(2)3)12-19-18(22)21(4)13-16-6-5-11-23-16/h5-11,17H,12-13H2,1-4H3,(H,19,22). The largest absolute Gasteiger partial charge is 0.467 e. The molecular formula is C18H25N3O2. The summed E-state index contributed by atoms with van der Waals surface area (Å²) < 4.78 is 5.27. The van der Waals surface area contributed by atoms with Crippen molar-refractivity contribution in [3.8, 4) is 0 Å². The van der Waals surface area contributed by atoms with E-state index in [9.17, 15) is 4.79 Å². The monoisotopic (exact) mass is 315 g/mol. The molecule has 0 aliphatic heterocycles. The van der Waals surface area contributed by atoms with Gasteiger partial charge in [-0.15, -0.1) is 0 Å². The Balaban J connectivity index is 1.93.